The molecule has 3 aromatic rings. The van der Waals surface area contributed by atoms with Gasteiger partial charge in [0.05, 0.1) is 23.8 Å². The molecule has 1 aliphatic rings. The summed E-state index contributed by atoms with van der Waals surface area (Å²) in [5, 5.41) is 9.36. The minimum atomic E-state index is 0.226. The van der Waals surface area contributed by atoms with Crippen molar-refractivity contribution in [3.63, 3.8) is 0 Å². The second kappa shape index (κ2) is 5.04. The van der Waals surface area contributed by atoms with Crippen LogP contribution in [0.5, 0.6) is 17.2 Å². The molecule has 2 aromatic carbocycles. The Balaban J connectivity index is 1.74. The summed E-state index contributed by atoms with van der Waals surface area (Å²) in [7, 11) is 0. The third kappa shape index (κ3) is 2.22. The van der Waals surface area contributed by atoms with Crippen LogP contribution >= 0.6 is 0 Å². The Hall–Kier alpha value is -3.08. The molecule has 1 N–H and O–H groups in total. The average Bonchev–Trinajstić information content (AvgIpc) is 3.03. The van der Waals surface area contributed by atoms with E-state index in [1.807, 2.05) is 30.3 Å². The lowest BCUT2D eigenvalue weighted by Crippen LogP contribution is -1.93. The van der Waals surface area contributed by atoms with Gasteiger partial charge in [0.2, 0.25) is 6.79 Å². The van der Waals surface area contributed by atoms with Crippen molar-refractivity contribution in [3.05, 3.63) is 54.9 Å². The molecule has 2 heterocycles. The summed E-state index contributed by atoms with van der Waals surface area (Å²) >= 11 is 0. The predicted molar refractivity (Wildman–Crippen MR) is 80.7 cm³/mol. The van der Waals surface area contributed by atoms with Crippen molar-refractivity contribution < 1.29 is 14.6 Å². The van der Waals surface area contributed by atoms with E-state index in [-0.39, 0.29) is 12.5 Å². The van der Waals surface area contributed by atoms with E-state index in [0.717, 1.165) is 28.3 Å². The van der Waals surface area contributed by atoms with Crippen LogP contribution in [0.1, 0.15) is 0 Å². The first-order valence-corrected chi connectivity index (χ1v) is 6.81. The molecule has 0 saturated heterocycles. The Morgan fingerprint density at radius 3 is 2.32 bits per heavy atom. The zero-order chi connectivity index (χ0) is 14.9. The number of aromatic nitrogens is 2. The topological polar surface area (TPSA) is 64.5 Å². The molecule has 1 aliphatic heterocycles. The molecule has 0 bridgehead atoms. The van der Waals surface area contributed by atoms with E-state index in [2.05, 4.69) is 9.97 Å². The van der Waals surface area contributed by atoms with Crippen molar-refractivity contribution in [1.29, 1.82) is 0 Å². The van der Waals surface area contributed by atoms with Gasteiger partial charge in [-0.05, 0) is 42.5 Å². The Bertz CT molecular complexity index is 832. The van der Waals surface area contributed by atoms with Crippen molar-refractivity contribution in [2.45, 2.75) is 0 Å². The number of nitrogens with zero attached hydrogens (tertiary/aromatic N) is 2. The summed E-state index contributed by atoms with van der Waals surface area (Å²) in [4.78, 5) is 8.88. The highest BCUT2D eigenvalue weighted by molar-refractivity contribution is 5.67. The molecule has 1 aromatic heterocycles. The monoisotopic (exact) mass is 292 g/mol. The molecule has 0 atom stereocenters. The van der Waals surface area contributed by atoms with Crippen molar-refractivity contribution in [3.8, 4) is 39.8 Å². The average molecular weight is 292 g/mol. The fourth-order valence-corrected chi connectivity index (χ4v) is 2.33. The van der Waals surface area contributed by atoms with E-state index >= 15 is 0 Å². The molecule has 0 unspecified atom stereocenters. The summed E-state index contributed by atoms with van der Waals surface area (Å²) < 4.78 is 10.7. The second-order valence-electron chi connectivity index (χ2n) is 4.90. The minimum absolute atomic E-state index is 0.226. The number of phenols is 1. The number of ether oxygens (including phenoxy) is 2. The molecule has 5 heteroatoms. The summed E-state index contributed by atoms with van der Waals surface area (Å²) in [6.45, 7) is 0.248. The van der Waals surface area contributed by atoms with Crippen LogP contribution in [0, 0.1) is 0 Å². The van der Waals surface area contributed by atoms with Crippen molar-refractivity contribution in [2.24, 2.45) is 0 Å². The lowest BCUT2D eigenvalue weighted by Gasteiger charge is -2.05. The molecular weight excluding hydrogens is 280 g/mol. The summed E-state index contributed by atoms with van der Waals surface area (Å²) in [6.07, 6.45) is 3.41. The number of hydrogen-bond donors (Lipinski definition) is 1. The van der Waals surface area contributed by atoms with Gasteiger partial charge in [-0.1, -0.05) is 0 Å². The molecule has 5 nitrogen and oxygen atoms in total. The Morgan fingerprint density at radius 1 is 0.818 bits per heavy atom. The van der Waals surface area contributed by atoms with Crippen LogP contribution in [0.3, 0.4) is 0 Å². The third-order valence-corrected chi connectivity index (χ3v) is 3.47. The molecule has 0 amide bonds. The Labute approximate surface area is 126 Å². The zero-order valence-electron chi connectivity index (χ0n) is 11.6. The van der Waals surface area contributed by atoms with Crippen LogP contribution < -0.4 is 9.47 Å². The lowest BCUT2D eigenvalue weighted by atomic mass is 10.1. The highest BCUT2D eigenvalue weighted by atomic mass is 16.7. The van der Waals surface area contributed by atoms with Crippen molar-refractivity contribution in [2.75, 3.05) is 6.79 Å². The molecular formula is C17H12N2O3. The van der Waals surface area contributed by atoms with Gasteiger partial charge in [-0.25, -0.2) is 4.98 Å². The van der Waals surface area contributed by atoms with Gasteiger partial charge in [0.15, 0.2) is 11.5 Å². The smallest absolute Gasteiger partial charge is 0.231 e. The highest BCUT2D eigenvalue weighted by Gasteiger charge is 2.14. The third-order valence-electron chi connectivity index (χ3n) is 3.47. The maximum Gasteiger partial charge on any atom is 0.231 e. The minimum Gasteiger partial charge on any atom is -0.508 e. The first-order chi connectivity index (χ1) is 10.8. The quantitative estimate of drug-likeness (QED) is 0.785. The lowest BCUT2D eigenvalue weighted by molar-refractivity contribution is 0.174. The summed E-state index contributed by atoms with van der Waals surface area (Å²) in [5.74, 6) is 1.68. The van der Waals surface area contributed by atoms with E-state index in [9.17, 15) is 5.11 Å². The SMILES string of the molecule is Oc1ccc(-c2cncc(-c3ccc4c(c3)OCO4)n2)cc1. The summed E-state index contributed by atoms with van der Waals surface area (Å²) in [5.41, 5.74) is 3.31. The molecule has 0 radical (unpaired) electrons. The maximum absolute atomic E-state index is 9.36. The van der Waals surface area contributed by atoms with E-state index in [1.165, 1.54) is 0 Å². The molecule has 0 aliphatic carbocycles. The van der Waals surface area contributed by atoms with E-state index in [4.69, 9.17) is 9.47 Å². The molecule has 0 saturated carbocycles. The van der Waals surface area contributed by atoms with Gasteiger partial charge in [0, 0.05) is 11.1 Å². The first kappa shape index (κ1) is 12.6. The fraction of sp³-hybridized carbons (Fsp3) is 0.0588. The molecule has 4 rings (SSSR count). The fourth-order valence-electron chi connectivity index (χ4n) is 2.33. The molecule has 0 fully saturated rings. The van der Waals surface area contributed by atoms with Crippen LogP contribution in [0.2, 0.25) is 0 Å². The zero-order valence-corrected chi connectivity index (χ0v) is 11.6. The maximum atomic E-state index is 9.36. The standard InChI is InChI=1S/C17H12N2O3/c20-13-4-1-11(2-5-13)14-8-18-9-15(19-14)12-3-6-16-17(7-12)22-10-21-16/h1-9,20H,10H2. The van der Waals surface area contributed by atoms with Gasteiger partial charge >= 0.3 is 0 Å². The van der Waals surface area contributed by atoms with Gasteiger partial charge in [-0.3, -0.25) is 4.98 Å². The normalized spacial score (nSPS) is 12.4. The van der Waals surface area contributed by atoms with E-state index in [1.54, 1.807) is 24.5 Å². The van der Waals surface area contributed by atoms with Gasteiger partial charge in [-0.2, -0.15) is 0 Å². The summed E-state index contributed by atoms with van der Waals surface area (Å²) in [6, 6.07) is 12.6. The van der Waals surface area contributed by atoms with Crippen LogP contribution in [-0.2, 0) is 0 Å². The van der Waals surface area contributed by atoms with E-state index < -0.39 is 0 Å². The molecule has 0 spiro atoms. The van der Waals surface area contributed by atoms with Crippen molar-refractivity contribution >= 4 is 0 Å². The van der Waals surface area contributed by atoms with E-state index in [0.29, 0.717) is 5.75 Å². The Kier molecular flexibility index (Phi) is 2.89. The predicted octanol–water partition coefficient (Wildman–Crippen LogP) is 3.24. The van der Waals surface area contributed by atoms with Crippen LogP contribution in [0.4, 0.5) is 0 Å². The largest absolute Gasteiger partial charge is 0.508 e. The number of rotatable bonds is 2. The highest BCUT2D eigenvalue weighted by Crippen LogP contribution is 2.35. The number of fused-ring (bicyclic) bond motifs is 1. The van der Waals surface area contributed by atoms with Gasteiger partial charge in [0.25, 0.3) is 0 Å². The number of benzene rings is 2. The number of phenolic OH excluding ortho intramolecular Hbond substituents is 1. The van der Waals surface area contributed by atoms with Gasteiger partial charge < -0.3 is 14.6 Å². The van der Waals surface area contributed by atoms with Gasteiger partial charge in [-0.15, -0.1) is 0 Å². The van der Waals surface area contributed by atoms with Crippen molar-refractivity contribution in [1.82, 2.24) is 9.97 Å². The molecule has 22 heavy (non-hydrogen) atoms. The first-order valence-electron chi connectivity index (χ1n) is 6.81. The Morgan fingerprint density at radius 2 is 1.50 bits per heavy atom. The molecule has 108 valence electrons. The second-order valence-corrected chi connectivity index (χ2v) is 4.90. The van der Waals surface area contributed by atoms with Gasteiger partial charge in [0.1, 0.15) is 5.75 Å². The van der Waals surface area contributed by atoms with Crippen LogP contribution in [0.25, 0.3) is 22.5 Å². The van der Waals surface area contributed by atoms with Crippen LogP contribution in [0.15, 0.2) is 54.9 Å². The number of hydrogen-bond acceptors (Lipinski definition) is 5. The van der Waals surface area contributed by atoms with Crippen LogP contribution in [-0.4, -0.2) is 21.9 Å². The number of aromatic hydroxyl groups is 1.